The van der Waals surface area contributed by atoms with E-state index in [0.717, 1.165) is 22.6 Å². The van der Waals surface area contributed by atoms with Crippen LogP contribution in [0.4, 0.5) is 0 Å². The number of rotatable bonds is 9. The van der Waals surface area contributed by atoms with Crippen molar-refractivity contribution < 1.29 is 23.7 Å². The van der Waals surface area contributed by atoms with Crippen molar-refractivity contribution in [2.24, 2.45) is 0 Å². The van der Waals surface area contributed by atoms with Crippen molar-refractivity contribution >= 4 is 17.6 Å². The molecule has 3 aromatic carbocycles. The van der Waals surface area contributed by atoms with E-state index in [1.54, 1.807) is 32.4 Å². The molecule has 0 aliphatic rings. The second-order valence-electron chi connectivity index (χ2n) is 6.36. The second-order valence-corrected chi connectivity index (χ2v) is 6.36. The van der Waals surface area contributed by atoms with E-state index in [4.69, 9.17) is 18.9 Å². The molecule has 0 saturated carbocycles. The van der Waals surface area contributed by atoms with Crippen LogP contribution in [0.3, 0.4) is 0 Å². The van der Waals surface area contributed by atoms with Gasteiger partial charge in [0.2, 0.25) is 0 Å². The Morgan fingerprint density at radius 1 is 0.767 bits per heavy atom. The average Bonchev–Trinajstić information content (AvgIpc) is 2.81. The third-order valence-corrected chi connectivity index (χ3v) is 4.35. The summed E-state index contributed by atoms with van der Waals surface area (Å²) < 4.78 is 21.5. The number of hydrogen-bond acceptors (Lipinski definition) is 5. The molecule has 30 heavy (non-hydrogen) atoms. The number of hydrogen-bond donors (Lipinski definition) is 0. The summed E-state index contributed by atoms with van der Waals surface area (Å²) in [6.07, 6.45) is 1.80. The predicted octanol–water partition coefficient (Wildman–Crippen LogP) is 4.87. The normalized spacial score (nSPS) is 10.9. The van der Waals surface area contributed by atoms with E-state index in [0.29, 0.717) is 11.3 Å². The lowest BCUT2D eigenvalue weighted by Gasteiger charge is -2.11. The minimum Gasteiger partial charge on any atom is -0.497 e. The predicted molar refractivity (Wildman–Crippen MR) is 117 cm³/mol. The van der Waals surface area contributed by atoms with Crippen LogP contribution in [0.2, 0.25) is 0 Å². The topological polar surface area (TPSA) is 54.0 Å². The molecule has 5 nitrogen and oxygen atoms in total. The van der Waals surface area contributed by atoms with Gasteiger partial charge in [-0.25, -0.2) is 4.79 Å². The lowest BCUT2D eigenvalue weighted by atomic mass is 10.0. The van der Waals surface area contributed by atoms with E-state index in [2.05, 4.69) is 0 Å². The van der Waals surface area contributed by atoms with E-state index in [9.17, 15) is 4.79 Å². The van der Waals surface area contributed by atoms with Gasteiger partial charge in [0.15, 0.2) is 0 Å². The lowest BCUT2D eigenvalue weighted by Crippen LogP contribution is -2.13. The largest absolute Gasteiger partial charge is 0.497 e. The van der Waals surface area contributed by atoms with Gasteiger partial charge in [-0.1, -0.05) is 42.5 Å². The fourth-order valence-electron chi connectivity index (χ4n) is 2.82. The van der Waals surface area contributed by atoms with Crippen LogP contribution < -0.4 is 14.2 Å². The molecular weight excluding hydrogens is 380 g/mol. The summed E-state index contributed by atoms with van der Waals surface area (Å²) >= 11 is 0. The number of methoxy groups -OCH3 is 2. The molecule has 5 heteroatoms. The number of esters is 1. The Kier molecular flexibility index (Phi) is 7.50. The Morgan fingerprint density at radius 3 is 2.17 bits per heavy atom. The molecule has 154 valence electrons. The molecule has 0 N–H and O–H groups in total. The molecule has 0 spiro atoms. The first-order chi connectivity index (χ1) is 14.7. The monoisotopic (exact) mass is 404 g/mol. The molecule has 0 radical (unpaired) electrons. The van der Waals surface area contributed by atoms with E-state index in [-0.39, 0.29) is 13.2 Å². The van der Waals surface area contributed by atoms with Gasteiger partial charge >= 0.3 is 5.97 Å². The van der Waals surface area contributed by atoms with Crippen LogP contribution in [0.25, 0.3) is 11.6 Å². The first-order valence-electron chi connectivity index (χ1n) is 9.55. The summed E-state index contributed by atoms with van der Waals surface area (Å²) in [5.41, 5.74) is 2.09. The highest BCUT2D eigenvalue weighted by Crippen LogP contribution is 2.22. The molecule has 0 bridgehead atoms. The fourth-order valence-corrected chi connectivity index (χ4v) is 2.82. The maximum Gasteiger partial charge on any atom is 0.338 e. The van der Waals surface area contributed by atoms with Gasteiger partial charge < -0.3 is 18.9 Å². The van der Waals surface area contributed by atoms with E-state index in [1.165, 1.54) is 0 Å². The van der Waals surface area contributed by atoms with Crippen molar-refractivity contribution in [3.8, 4) is 17.2 Å². The zero-order chi connectivity index (χ0) is 21.2. The van der Waals surface area contributed by atoms with Crippen LogP contribution >= 0.6 is 0 Å². The molecule has 0 fully saturated rings. The Labute approximate surface area is 176 Å². The summed E-state index contributed by atoms with van der Waals surface area (Å²) in [7, 11) is 3.22. The Bertz CT molecular complexity index is 978. The Hall–Kier alpha value is -3.73. The molecule has 3 aromatic rings. The zero-order valence-electron chi connectivity index (χ0n) is 17.0. The van der Waals surface area contributed by atoms with Crippen molar-refractivity contribution in [3.63, 3.8) is 0 Å². The van der Waals surface area contributed by atoms with Crippen molar-refractivity contribution in [2.75, 3.05) is 27.4 Å². The summed E-state index contributed by atoms with van der Waals surface area (Å²) in [5, 5.41) is 0. The zero-order valence-corrected chi connectivity index (χ0v) is 17.0. The fraction of sp³-hybridized carbons (Fsp3) is 0.160. The molecule has 0 atom stereocenters. The molecule has 0 amide bonds. The third kappa shape index (κ3) is 5.88. The van der Waals surface area contributed by atoms with Crippen molar-refractivity contribution in [1.29, 1.82) is 0 Å². The van der Waals surface area contributed by atoms with Gasteiger partial charge in [0, 0.05) is 0 Å². The van der Waals surface area contributed by atoms with E-state index >= 15 is 0 Å². The van der Waals surface area contributed by atoms with Gasteiger partial charge in [0.05, 0.1) is 19.8 Å². The number of carbonyl (C=O) groups is 1. The minimum atomic E-state index is -0.414. The first-order valence-corrected chi connectivity index (χ1v) is 9.55. The quantitative estimate of drug-likeness (QED) is 0.220. The molecule has 0 unspecified atom stereocenters. The van der Waals surface area contributed by atoms with Crippen LogP contribution in [0, 0.1) is 0 Å². The van der Waals surface area contributed by atoms with Gasteiger partial charge in [-0.2, -0.15) is 0 Å². The number of ether oxygens (including phenoxy) is 4. The van der Waals surface area contributed by atoms with Gasteiger partial charge in [-0.15, -0.1) is 0 Å². The van der Waals surface area contributed by atoms with E-state index in [1.807, 2.05) is 66.7 Å². The van der Waals surface area contributed by atoms with Crippen molar-refractivity contribution in [1.82, 2.24) is 0 Å². The standard InChI is InChI=1S/C25H24O5/c1-27-21-11-13-22(14-12-21)29-15-16-30-25(26)24(20-8-4-3-5-9-20)18-19-7-6-10-23(17-19)28-2/h3-14,17-18H,15-16H2,1-2H3. The van der Waals surface area contributed by atoms with Gasteiger partial charge in [-0.05, 0) is 53.6 Å². The molecular formula is C25H24O5. The molecule has 0 aliphatic heterocycles. The van der Waals surface area contributed by atoms with Crippen LogP contribution in [0.5, 0.6) is 17.2 Å². The Morgan fingerprint density at radius 2 is 1.47 bits per heavy atom. The number of benzene rings is 3. The van der Waals surface area contributed by atoms with Crippen LogP contribution in [0.1, 0.15) is 11.1 Å². The summed E-state index contributed by atoms with van der Waals surface area (Å²) in [5.74, 6) is 1.74. The average molecular weight is 404 g/mol. The first kappa shape index (κ1) is 21.0. The van der Waals surface area contributed by atoms with E-state index < -0.39 is 5.97 Å². The highest BCUT2D eigenvalue weighted by atomic mass is 16.6. The Balaban J connectivity index is 1.67. The SMILES string of the molecule is COc1ccc(OCCOC(=O)C(=Cc2cccc(OC)c2)c2ccccc2)cc1. The summed E-state index contributed by atoms with van der Waals surface area (Å²) in [6.45, 7) is 0.381. The lowest BCUT2D eigenvalue weighted by molar-refractivity contribution is -0.137. The highest BCUT2D eigenvalue weighted by Gasteiger charge is 2.14. The minimum absolute atomic E-state index is 0.132. The maximum atomic E-state index is 12.8. The smallest absolute Gasteiger partial charge is 0.338 e. The van der Waals surface area contributed by atoms with Crippen molar-refractivity contribution in [2.45, 2.75) is 0 Å². The molecule has 0 heterocycles. The number of carbonyl (C=O) groups excluding carboxylic acids is 1. The molecule has 0 aliphatic carbocycles. The van der Waals surface area contributed by atoms with Gasteiger partial charge in [0.25, 0.3) is 0 Å². The van der Waals surface area contributed by atoms with Crippen LogP contribution in [-0.4, -0.2) is 33.4 Å². The van der Waals surface area contributed by atoms with Crippen LogP contribution in [-0.2, 0) is 9.53 Å². The second kappa shape index (κ2) is 10.7. The van der Waals surface area contributed by atoms with Crippen molar-refractivity contribution in [3.05, 3.63) is 90.0 Å². The summed E-state index contributed by atoms with van der Waals surface area (Å²) in [4.78, 5) is 12.8. The molecule has 3 rings (SSSR count). The van der Waals surface area contributed by atoms with Crippen LogP contribution in [0.15, 0.2) is 78.9 Å². The van der Waals surface area contributed by atoms with Gasteiger partial charge in [0.1, 0.15) is 30.5 Å². The maximum absolute atomic E-state index is 12.8. The van der Waals surface area contributed by atoms with Gasteiger partial charge in [-0.3, -0.25) is 0 Å². The molecule has 0 aromatic heterocycles. The third-order valence-electron chi connectivity index (χ3n) is 4.35. The molecule has 0 saturated heterocycles. The summed E-state index contributed by atoms with van der Waals surface area (Å²) in [6, 6.07) is 24.2. The highest BCUT2D eigenvalue weighted by molar-refractivity contribution is 6.21.